The minimum atomic E-state index is -0.676. The summed E-state index contributed by atoms with van der Waals surface area (Å²) in [4.78, 5) is 27.9. The van der Waals surface area contributed by atoms with Gasteiger partial charge in [0.1, 0.15) is 5.15 Å². The first-order chi connectivity index (χ1) is 12.0. The Hall–Kier alpha value is -2.11. The molecule has 1 aliphatic rings. The predicted molar refractivity (Wildman–Crippen MR) is 94.8 cm³/mol. The molecular weight excluding hydrogens is 363 g/mol. The Balaban J connectivity index is 1.57. The van der Waals surface area contributed by atoms with Gasteiger partial charge in [0.2, 0.25) is 0 Å². The first-order valence-electron chi connectivity index (χ1n) is 7.90. The second-order valence-electron chi connectivity index (χ2n) is 5.78. The summed E-state index contributed by atoms with van der Waals surface area (Å²) >= 11 is 11.5. The van der Waals surface area contributed by atoms with Crippen molar-refractivity contribution in [3.05, 3.63) is 63.4 Å². The number of amides is 1. The van der Waals surface area contributed by atoms with Crippen molar-refractivity contribution in [2.45, 2.75) is 25.3 Å². The molecule has 2 aromatic rings. The molecule has 1 aromatic carbocycles. The van der Waals surface area contributed by atoms with Crippen molar-refractivity contribution in [1.29, 1.82) is 0 Å². The molecule has 0 unspecified atom stereocenters. The molecule has 1 aromatic heterocycles. The molecule has 0 bridgehead atoms. The van der Waals surface area contributed by atoms with E-state index in [1.807, 2.05) is 18.2 Å². The lowest BCUT2D eigenvalue weighted by Gasteiger charge is -2.26. The van der Waals surface area contributed by atoms with Crippen molar-refractivity contribution < 1.29 is 14.3 Å². The average molecular weight is 379 g/mol. The minimum absolute atomic E-state index is 0.0530. The Morgan fingerprint density at radius 2 is 2.08 bits per heavy atom. The molecule has 0 spiro atoms. The topological polar surface area (TPSA) is 68.3 Å². The number of carbonyl (C=O) groups is 2. The van der Waals surface area contributed by atoms with Crippen LogP contribution in [0.3, 0.4) is 0 Å². The maximum Gasteiger partial charge on any atom is 0.340 e. The second-order valence-corrected chi connectivity index (χ2v) is 6.55. The molecule has 0 radical (unpaired) electrons. The number of hydrogen-bond acceptors (Lipinski definition) is 4. The SMILES string of the molecule is O=C(COC(=O)c1cnc(Cl)c(Cl)c1)N[C@H]1CCCc2ccccc21. The van der Waals surface area contributed by atoms with Gasteiger partial charge in [0.05, 0.1) is 16.6 Å². The third-order valence-corrected chi connectivity index (χ3v) is 4.76. The van der Waals surface area contributed by atoms with Gasteiger partial charge in [-0.1, -0.05) is 47.5 Å². The molecule has 25 heavy (non-hydrogen) atoms. The molecule has 3 rings (SSSR count). The van der Waals surface area contributed by atoms with E-state index < -0.39 is 5.97 Å². The normalized spacial score (nSPS) is 16.0. The van der Waals surface area contributed by atoms with Crippen LogP contribution in [0.5, 0.6) is 0 Å². The number of nitrogens with one attached hydrogen (secondary N) is 1. The zero-order chi connectivity index (χ0) is 17.8. The summed E-state index contributed by atoms with van der Waals surface area (Å²) in [5.41, 5.74) is 2.52. The second kappa shape index (κ2) is 7.85. The van der Waals surface area contributed by atoms with Gasteiger partial charge >= 0.3 is 5.97 Å². The van der Waals surface area contributed by atoms with Crippen LogP contribution in [0.2, 0.25) is 10.2 Å². The molecule has 7 heteroatoms. The first kappa shape index (κ1) is 17.7. The number of benzene rings is 1. The van der Waals surface area contributed by atoms with E-state index in [-0.39, 0.29) is 34.3 Å². The molecule has 1 N–H and O–H groups in total. The Labute approximate surface area is 155 Å². The van der Waals surface area contributed by atoms with E-state index in [0.717, 1.165) is 24.8 Å². The number of carbonyl (C=O) groups excluding carboxylic acids is 2. The number of ether oxygens (including phenoxy) is 1. The van der Waals surface area contributed by atoms with Crippen LogP contribution in [0.4, 0.5) is 0 Å². The smallest absolute Gasteiger partial charge is 0.340 e. The summed E-state index contributed by atoms with van der Waals surface area (Å²) in [6, 6.07) is 9.35. The van der Waals surface area contributed by atoms with Gasteiger partial charge < -0.3 is 10.1 Å². The fraction of sp³-hybridized carbons (Fsp3) is 0.278. The summed E-state index contributed by atoms with van der Waals surface area (Å²) in [6.45, 7) is -0.363. The van der Waals surface area contributed by atoms with Gasteiger partial charge in [0.15, 0.2) is 6.61 Å². The van der Waals surface area contributed by atoms with Gasteiger partial charge in [-0.25, -0.2) is 9.78 Å². The molecule has 130 valence electrons. The average Bonchev–Trinajstić information content (AvgIpc) is 2.62. The zero-order valence-electron chi connectivity index (χ0n) is 13.3. The molecule has 0 saturated heterocycles. The maximum atomic E-state index is 12.1. The number of aromatic nitrogens is 1. The zero-order valence-corrected chi connectivity index (χ0v) is 14.8. The number of esters is 1. The summed E-state index contributed by atoms with van der Waals surface area (Å²) < 4.78 is 5.02. The molecule has 1 atom stereocenters. The monoisotopic (exact) mass is 378 g/mol. The maximum absolute atomic E-state index is 12.1. The number of pyridine rings is 1. The van der Waals surface area contributed by atoms with Gasteiger partial charge in [-0.05, 0) is 36.5 Å². The van der Waals surface area contributed by atoms with Crippen molar-refractivity contribution >= 4 is 35.1 Å². The highest BCUT2D eigenvalue weighted by Crippen LogP contribution is 2.29. The highest BCUT2D eigenvalue weighted by Gasteiger charge is 2.22. The van der Waals surface area contributed by atoms with Crippen LogP contribution in [0.25, 0.3) is 0 Å². The van der Waals surface area contributed by atoms with E-state index in [1.165, 1.54) is 17.8 Å². The molecular formula is C18H16Cl2N2O3. The van der Waals surface area contributed by atoms with E-state index in [2.05, 4.69) is 16.4 Å². The van der Waals surface area contributed by atoms with Crippen LogP contribution in [-0.2, 0) is 16.0 Å². The van der Waals surface area contributed by atoms with Crippen molar-refractivity contribution in [2.24, 2.45) is 0 Å². The van der Waals surface area contributed by atoms with E-state index in [0.29, 0.717) is 0 Å². The lowest BCUT2D eigenvalue weighted by atomic mass is 9.88. The molecule has 0 aliphatic heterocycles. The Bertz CT molecular complexity index is 811. The third-order valence-electron chi connectivity index (χ3n) is 4.07. The van der Waals surface area contributed by atoms with Crippen molar-refractivity contribution in [3.8, 4) is 0 Å². The molecule has 1 heterocycles. The number of nitrogens with zero attached hydrogens (tertiary/aromatic N) is 1. The standard InChI is InChI=1S/C18H16Cl2N2O3/c19-14-8-12(9-21-17(14)20)18(24)25-10-16(23)22-15-7-3-5-11-4-1-2-6-13(11)15/h1-2,4,6,8-9,15H,3,5,7,10H2,(H,22,23)/t15-/m0/s1. The van der Waals surface area contributed by atoms with Crippen LogP contribution in [0, 0.1) is 0 Å². The quantitative estimate of drug-likeness (QED) is 0.649. The fourth-order valence-corrected chi connectivity index (χ4v) is 3.16. The number of aryl methyl sites for hydroxylation is 1. The van der Waals surface area contributed by atoms with E-state index >= 15 is 0 Å². The molecule has 1 aliphatic carbocycles. The molecule has 5 nitrogen and oxygen atoms in total. The van der Waals surface area contributed by atoms with E-state index in [4.69, 9.17) is 27.9 Å². The van der Waals surface area contributed by atoms with Crippen molar-refractivity contribution in [3.63, 3.8) is 0 Å². The molecule has 0 fully saturated rings. The van der Waals surface area contributed by atoms with Crippen molar-refractivity contribution in [2.75, 3.05) is 6.61 Å². The lowest BCUT2D eigenvalue weighted by molar-refractivity contribution is -0.125. The summed E-state index contributed by atoms with van der Waals surface area (Å²) in [5, 5.41) is 3.18. The fourth-order valence-electron chi connectivity index (χ4n) is 2.89. The van der Waals surface area contributed by atoms with Crippen LogP contribution in [0.15, 0.2) is 36.5 Å². The molecule has 1 amide bonds. The number of fused-ring (bicyclic) bond motifs is 1. The minimum Gasteiger partial charge on any atom is -0.452 e. The highest BCUT2D eigenvalue weighted by molar-refractivity contribution is 6.41. The van der Waals surface area contributed by atoms with Gasteiger partial charge in [-0.2, -0.15) is 0 Å². The van der Waals surface area contributed by atoms with Crippen LogP contribution < -0.4 is 5.32 Å². The largest absolute Gasteiger partial charge is 0.452 e. The van der Waals surface area contributed by atoms with Crippen LogP contribution in [0.1, 0.15) is 40.4 Å². The Kier molecular flexibility index (Phi) is 5.56. The summed E-state index contributed by atoms with van der Waals surface area (Å²) in [5.74, 6) is -1.02. The van der Waals surface area contributed by atoms with E-state index in [9.17, 15) is 9.59 Å². The van der Waals surface area contributed by atoms with Crippen LogP contribution >= 0.6 is 23.2 Å². The summed E-state index contributed by atoms with van der Waals surface area (Å²) in [6.07, 6.45) is 4.15. The predicted octanol–water partition coefficient (Wildman–Crippen LogP) is 3.74. The molecule has 0 saturated carbocycles. The Morgan fingerprint density at radius 3 is 2.88 bits per heavy atom. The number of rotatable bonds is 4. The lowest BCUT2D eigenvalue weighted by Crippen LogP contribution is -2.34. The van der Waals surface area contributed by atoms with Crippen LogP contribution in [-0.4, -0.2) is 23.5 Å². The van der Waals surface area contributed by atoms with Crippen molar-refractivity contribution in [1.82, 2.24) is 10.3 Å². The first-order valence-corrected chi connectivity index (χ1v) is 8.65. The van der Waals surface area contributed by atoms with Gasteiger partial charge in [-0.15, -0.1) is 0 Å². The number of hydrogen-bond donors (Lipinski definition) is 1. The van der Waals surface area contributed by atoms with E-state index in [1.54, 1.807) is 0 Å². The van der Waals surface area contributed by atoms with Gasteiger partial charge in [0, 0.05) is 6.20 Å². The number of halogens is 2. The highest BCUT2D eigenvalue weighted by atomic mass is 35.5. The Morgan fingerprint density at radius 1 is 1.28 bits per heavy atom. The van der Waals surface area contributed by atoms with Gasteiger partial charge in [-0.3, -0.25) is 4.79 Å². The third kappa shape index (κ3) is 4.30. The van der Waals surface area contributed by atoms with Gasteiger partial charge in [0.25, 0.3) is 5.91 Å². The summed E-state index contributed by atoms with van der Waals surface area (Å²) in [7, 11) is 0.